The topological polar surface area (TPSA) is 107 Å². The van der Waals surface area contributed by atoms with Gasteiger partial charge in [0.2, 0.25) is 5.95 Å². The minimum Gasteiger partial charge on any atom is -0.462 e. The fourth-order valence-corrected chi connectivity index (χ4v) is 4.54. The molecule has 2 N–H and O–H groups in total. The largest absolute Gasteiger partial charge is 0.462 e. The molecule has 4 aromatic rings. The van der Waals surface area contributed by atoms with Gasteiger partial charge in [-0.25, -0.2) is 14.8 Å². The van der Waals surface area contributed by atoms with Crippen molar-refractivity contribution >= 4 is 45.4 Å². The number of carbonyl (C=O) groups excluding carboxylic acids is 1. The van der Waals surface area contributed by atoms with Crippen LogP contribution in [0, 0.1) is 20.8 Å². The molecule has 4 rings (SSSR count). The SMILES string of the molecule is CCOC(=O)c1sc(Nc2nc(NCc3cc(C)cc(C)c3)c3c(ncn3CC)n2)nc1C. The van der Waals surface area contributed by atoms with Gasteiger partial charge in [0.15, 0.2) is 16.6 Å². The number of fused-ring (bicyclic) bond motifs is 1. The number of rotatable bonds is 8. The lowest BCUT2D eigenvalue weighted by molar-refractivity contribution is 0.0531. The van der Waals surface area contributed by atoms with Crippen molar-refractivity contribution in [3.63, 3.8) is 0 Å². The molecule has 0 amide bonds. The van der Waals surface area contributed by atoms with Gasteiger partial charge in [-0.2, -0.15) is 9.97 Å². The molecule has 0 aliphatic carbocycles. The summed E-state index contributed by atoms with van der Waals surface area (Å²) in [5.41, 5.74) is 5.64. The Bertz CT molecular complexity index is 1290. The predicted molar refractivity (Wildman–Crippen MR) is 130 cm³/mol. The molecule has 0 bridgehead atoms. The summed E-state index contributed by atoms with van der Waals surface area (Å²) >= 11 is 1.21. The standard InChI is InChI=1S/C23H27N7O2S/c1-6-30-12-25-20-17(30)19(24-11-16-9-13(3)8-14(4)10-16)27-22(28-20)29-23-26-15(5)18(33-23)21(31)32-7-2/h8-10,12H,6-7,11H2,1-5H3,(H2,24,26,27,28,29). The van der Waals surface area contributed by atoms with Gasteiger partial charge in [-0.05, 0) is 40.2 Å². The van der Waals surface area contributed by atoms with Crippen LogP contribution in [-0.2, 0) is 17.8 Å². The molecule has 33 heavy (non-hydrogen) atoms. The highest BCUT2D eigenvalue weighted by molar-refractivity contribution is 7.17. The Balaban J connectivity index is 1.65. The number of carbonyl (C=O) groups is 1. The molecule has 0 unspecified atom stereocenters. The third kappa shape index (κ3) is 4.95. The van der Waals surface area contributed by atoms with E-state index < -0.39 is 0 Å². The molecule has 10 heteroatoms. The molecule has 1 aromatic carbocycles. The van der Waals surface area contributed by atoms with E-state index >= 15 is 0 Å². The fraction of sp³-hybridized carbons (Fsp3) is 0.348. The van der Waals surface area contributed by atoms with Crippen molar-refractivity contribution in [2.45, 2.75) is 47.7 Å². The van der Waals surface area contributed by atoms with Gasteiger partial charge in [0.05, 0.1) is 18.6 Å². The number of anilines is 3. The zero-order chi connectivity index (χ0) is 23.5. The Morgan fingerprint density at radius 2 is 1.85 bits per heavy atom. The third-order valence-electron chi connectivity index (χ3n) is 5.03. The Labute approximate surface area is 196 Å². The van der Waals surface area contributed by atoms with Gasteiger partial charge in [-0.1, -0.05) is 40.7 Å². The van der Waals surface area contributed by atoms with E-state index in [2.05, 4.69) is 64.6 Å². The second kappa shape index (κ2) is 9.53. The number of hydrogen-bond donors (Lipinski definition) is 2. The number of imidazole rings is 1. The van der Waals surface area contributed by atoms with Gasteiger partial charge < -0.3 is 14.6 Å². The quantitative estimate of drug-likeness (QED) is 0.359. The van der Waals surface area contributed by atoms with E-state index in [1.165, 1.54) is 28.0 Å². The number of aryl methyl sites for hydroxylation is 4. The van der Waals surface area contributed by atoms with Crippen LogP contribution in [0.3, 0.4) is 0 Å². The number of thiazole rings is 1. The fourth-order valence-electron chi connectivity index (χ4n) is 3.69. The molecule has 0 radical (unpaired) electrons. The summed E-state index contributed by atoms with van der Waals surface area (Å²) in [6.07, 6.45) is 1.76. The Hall–Kier alpha value is -3.53. The van der Waals surface area contributed by atoms with Crippen LogP contribution in [0.15, 0.2) is 24.5 Å². The number of nitrogens with zero attached hydrogens (tertiary/aromatic N) is 5. The molecule has 0 fully saturated rings. The minimum atomic E-state index is -0.380. The summed E-state index contributed by atoms with van der Waals surface area (Å²) in [5.74, 6) is 0.658. The Morgan fingerprint density at radius 3 is 2.55 bits per heavy atom. The van der Waals surface area contributed by atoms with Crippen LogP contribution in [0.4, 0.5) is 16.9 Å². The van der Waals surface area contributed by atoms with E-state index in [4.69, 9.17) is 9.72 Å². The van der Waals surface area contributed by atoms with Gasteiger partial charge in [0.1, 0.15) is 10.4 Å². The maximum Gasteiger partial charge on any atom is 0.350 e. The lowest BCUT2D eigenvalue weighted by Crippen LogP contribution is -2.08. The number of benzene rings is 1. The summed E-state index contributed by atoms with van der Waals surface area (Å²) in [4.78, 5) is 30.8. The van der Waals surface area contributed by atoms with Gasteiger partial charge in [-0.3, -0.25) is 5.32 Å². The van der Waals surface area contributed by atoms with Crippen molar-refractivity contribution in [3.05, 3.63) is 51.8 Å². The van der Waals surface area contributed by atoms with E-state index in [9.17, 15) is 4.79 Å². The Kier molecular flexibility index (Phi) is 6.55. The van der Waals surface area contributed by atoms with Crippen molar-refractivity contribution in [3.8, 4) is 0 Å². The van der Waals surface area contributed by atoms with E-state index in [1.807, 2.05) is 4.57 Å². The van der Waals surface area contributed by atoms with Crippen molar-refractivity contribution in [2.24, 2.45) is 0 Å². The summed E-state index contributed by atoms with van der Waals surface area (Å²) in [6.45, 7) is 11.5. The predicted octanol–water partition coefficient (Wildman–Crippen LogP) is 4.76. The molecular formula is C23H27N7O2S. The first-order valence-electron chi connectivity index (χ1n) is 10.8. The molecule has 9 nitrogen and oxygen atoms in total. The maximum absolute atomic E-state index is 12.1. The van der Waals surface area contributed by atoms with Crippen LogP contribution in [0.1, 0.15) is 45.9 Å². The zero-order valence-corrected chi connectivity index (χ0v) is 20.2. The average molecular weight is 466 g/mol. The van der Waals surface area contributed by atoms with Crippen molar-refractivity contribution < 1.29 is 9.53 Å². The first-order chi connectivity index (χ1) is 15.9. The molecule has 3 aromatic heterocycles. The molecule has 3 heterocycles. The second-order valence-corrected chi connectivity index (χ2v) is 8.73. The highest BCUT2D eigenvalue weighted by Crippen LogP contribution is 2.28. The Morgan fingerprint density at radius 1 is 1.09 bits per heavy atom. The molecule has 0 aliphatic rings. The maximum atomic E-state index is 12.1. The van der Waals surface area contributed by atoms with Crippen LogP contribution in [0.25, 0.3) is 11.2 Å². The van der Waals surface area contributed by atoms with Crippen LogP contribution in [0.5, 0.6) is 0 Å². The number of hydrogen-bond acceptors (Lipinski definition) is 9. The highest BCUT2D eigenvalue weighted by Gasteiger charge is 2.18. The van der Waals surface area contributed by atoms with Crippen molar-refractivity contribution in [1.82, 2.24) is 24.5 Å². The average Bonchev–Trinajstić information content (AvgIpc) is 3.34. The third-order valence-corrected chi connectivity index (χ3v) is 6.08. The van der Waals surface area contributed by atoms with Crippen LogP contribution < -0.4 is 10.6 Å². The van der Waals surface area contributed by atoms with Crippen LogP contribution in [0.2, 0.25) is 0 Å². The first-order valence-corrected chi connectivity index (χ1v) is 11.6. The smallest absolute Gasteiger partial charge is 0.350 e. The van der Waals surface area contributed by atoms with E-state index in [-0.39, 0.29) is 5.97 Å². The number of esters is 1. The number of nitrogens with one attached hydrogen (secondary N) is 2. The molecule has 0 aliphatic heterocycles. The monoisotopic (exact) mass is 465 g/mol. The van der Waals surface area contributed by atoms with E-state index in [1.54, 1.807) is 20.2 Å². The molecule has 0 saturated carbocycles. The van der Waals surface area contributed by atoms with Gasteiger partial charge in [-0.15, -0.1) is 0 Å². The summed E-state index contributed by atoms with van der Waals surface area (Å²) in [7, 11) is 0. The normalized spacial score (nSPS) is 11.1. The van der Waals surface area contributed by atoms with Crippen molar-refractivity contribution in [2.75, 3.05) is 17.2 Å². The zero-order valence-electron chi connectivity index (χ0n) is 19.4. The summed E-state index contributed by atoms with van der Waals surface area (Å²) < 4.78 is 7.11. The summed E-state index contributed by atoms with van der Waals surface area (Å²) in [6, 6.07) is 6.47. The lowest BCUT2D eigenvalue weighted by atomic mass is 10.1. The molecule has 0 atom stereocenters. The molecular weight excluding hydrogens is 438 g/mol. The summed E-state index contributed by atoms with van der Waals surface area (Å²) in [5, 5.41) is 7.10. The molecule has 172 valence electrons. The van der Waals surface area contributed by atoms with Gasteiger partial charge in [0.25, 0.3) is 0 Å². The van der Waals surface area contributed by atoms with E-state index in [0.29, 0.717) is 46.3 Å². The first kappa shape index (κ1) is 22.7. The minimum absolute atomic E-state index is 0.314. The van der Waals surface area contributed by atoms with Crippen molar-refractivity contribution in [1.29, 1.82) is 0 Å². The second-order valence-electron chi connectivity index (χ2n) is 7.73. The van der Waals surface area contributed by atoms with Crippen LogP contribution >= 0.6 is 11.3 Å². The van der Waals surface area contributed by atoms with Gasteiger partial charge >= 0.3 is 5.97 Å². The molecule has 0 spiro atoms. The van der Waals surface area contributed by atoms with Crippen LogP contribution in [-0.4, -0.2) is 37.1 Å². The van der Waals surface area contributed by atoms with Gasteiger partial charge in [0, 0.05) is 13.1 Å². The molecule has 0 saturated heterocycles. The van der Waals surface area contributed by atoms with E-state index in [0.717, 1.165) is 12.1 Å². The number of ether oxygens (including phenoxy) is 1. The number of aromatic nitrogens is 5. The lowest BCUT2D eigenvalue weighted by Gasteiger charge is -2.12. The highest BCUT2D eigenvalue weighted by atomic mass is 32.1.